The molecule has 0 bridgehead atoms. The zero-order valence-corrected chi connectivity index (χ0v) is 16.1. The van der Waals surface area contributed by atoms with Crippen molar-refractivity contribution in [2.75, 3.05) is 13.2 Å². The molecule has 0 saturated carbocycles. The minimum Gasteiger partial charge on any atom is -0.486 e. The van der Waals surface area contributed by atoms with Gasteiger partial charge in [0, 0.05) is 4.47 Å². The maximum absolute atomic E-state index is 12.4. The van der Waals surface area contributed by atoms with Crippen LogP contribution in [0.2, 0.25) is 0 Å². The molecule has 8 heteroatoms. The minimum atomic E-state index is -2.86. The maximum Gasteiger partial charge on any atom is 0.387 e. The second-order valence-corrected chi connectivity index (χ2v) is 6.86. The summed E-state index contributed by atoms with van der Waals surface area (Å²) < 4.78 is 40.5. The van der Waals surface area contributed by atoms with E-state index in [1.54, 1.807) is 24.3 Å². The van der Waals surface area contributed by atoms with Gasteiger partial charge in [0.25, 0.3) is 0 Å². The number of nitrogens with one attached hydrogen (secondary N) is 1. The largest absolute Gasteiger partial charge is 0.486 e. The molecule has 2 aromatic carbocycles. The number of carbonyl (C=O) groups is 1. The zero-order valence-electron chi connectivity index (χ0n) is 14.5. The Kier molecular flexibility index (Phi) is 6.15. The van der Waals surface area contributed by atoms with Gasteiger partial charge < -0.3 is 19.5 Å². The molecule has 1 heterocycles. The predicted octanol–water partition coefficient (Wildman–Crippen LogP) is 4.24. The highest BCUT2D eigenvalue weighted by atomic mass is 79.9. The van der Waals surface area contributed by atoms with E-state index >= 15 is 0 Å². The van der Waals surface area contributed by atoms with E-state index in [1.807, 2.05) is 6.92 Å². The van der Waals surface area contributed by atoms with Crippen molar-refractivity contribution in [3.63, 3.8) is 0 Å². The molecular formula is C19H18BrF2NO4. The van der Waals surface area contributed by atoms with Crippen LogP contribution in [0.15, 0.2) is 40.9 Å². The number of rotatable bonds is 6. The average molecular weight is 442 g/mol. The smallest absolute Gasteiger partial charge is 0.387 e. The Hall–Kier alpha value is -2.35. The van der Waals surface area contributed by atoms with Crippen LogP contribution in [-0.4, -0.2) is 25.7 Å². The van der Waals surface area contributed by atoms with Crippen molar-refractivity contribution in [3.8, 4) is 17.2 Å². The molecule has 5 nitrogen and oxygen atoms in total. The SMILES string of the molecule is CC(NC(=O)Cc1cc2c(cc1Br)OCCO2)c1ccc(OC(F)F)cc1. The fourth-order valence-electron chi connectivity index (χ4n) is 2.73. The van der Waals surface area contributed by atoms with Gasteiger partial charge in [-0.25, -0.2) is 0 Å². The fraction of sp³-hybridized carbons (Fsp3) is 0.316. The lowest BCUT2D eigenvalue weighted by molar-refractivity contribution is -0.121. The molecule has 0 aliphatic carbocycles. The first kappa shape index (κ1) is 19.4. The van der Waals surface area contributed by atoms with Crippen LogP contribution in [0.25, 0.3) is 0 Å². The number of halogens is 3. The first-order chi connectivity index (χ1) is 12.9. The van der Waals surface area contributed by atoms with Gasteiger partial charge in [0.2, 0.25) is 5.91 Å². The Morgan fingerprint density at radius 1 is 1.19 bits per heavy atom. The molecule has 1 N–H and O–H groups in total. The van der Waals surface area contributed by atoms with Crippen molar-refractivity contribution in [1.82, 2.24) is 5.32 Å². The molecule has 1 amide bonds. The molecule has 3 rings (SSSR count). The van der Waals surface area contributed by atoms with Crippen LogP contribution >= 0.6 is 15.9 Å². The van der Waals surface area contributed by atoms with Crippen molar-refractivity contribution in [1.29, 1.82) is 0 Å². The van der Waals surface area contributed by atoms with E-state index in [1.165, 1.54) is 12.1 Å². The monoisotopic (exact) mass is 441 g/mol. The van der Waals surface area contributed by atoms with Crippen molar-refractivity contribution >= 4 is 21.8 Å². The Morgan fingerprint density at radius 3 is 2.44 bits per heavy atom. The lowest BCUT2D eigenvalue weighted by Gasteiger charge is -2.20. The van der Waals surface area contributed by atoms with Crippen LogP contribution in [-0.2, 0) is 11.2 Å². The summed E-state index contributed by atoms with van der Waals surface area (Å²) in [5.41, 5.74) is 1.57. The van der Waals surface area contributed by atoms with E-state index < -0.39 is 6.61 Å². The number of carbonyl (C=O) groups excluding carboxylic acids is 1. The predicted molar refractivity (Wildman–Crippen MR) is 98.5 cm³/mol. The number of amides is 1. The molecule has 0 fully saturated rings. The summed E-state index contributed by atoms with van der Waals surface area (Å²) in [6.07, 6.45) is 0.161. The average Bonchev–Trinajstić information content (AvgIpc) is 2.62. The lowest BCUT2D eigenvalue weighted by atomic mass is 10.1. The van der Waals surface area contributed by atoms with E-state index in [4.69, 9.17) is 9.47 Å². The molecule has 1 atom stereocenters. The van der Waals surface area contributed by atoms with Gasteiger partial charge in [-0.15, -0.1) is 0 Å². The van der Waals surface area contributed by atoms with Crippen molar-refractivity contribution in [3.05, 3.63) is 52.0 Å². The Bertz CT molecular complexity index is 814. The van der Waals surface area contributed by atoms with Crippen LogP contribution < -0.4 is 19.5 Å². The van der Waals surface area contributed by atoms with E-state index in [0.717, 1.165) is 15.6 Å². The molecule has 2 aromatic rings. The van der Waals surface area contributed by atoms with E-state index in [9.17, 15) is 13.6 Å². The van der Waals surface area contributed by atoms with Gasteiger partial charge in [0.1, 0.15) is 19.0 Å². The summed E-state index contributed by atoms with van der Waals surface area (Å²) in [6.45, 7) is -0.0716. The van der Waals surface area contributed by atoms with Crippen molar-refractivity contribution in [2.24, 2.45) is 0 Å². The normalized spacial score (nSPS) is 14.0. The Labute approximate surface area is 163 Å². The molecular weight excluding hydrogens is 424 g/mol. The number of hydrogen-bond donors (Lipinski definition) is 1. The lowest BCUT2D eigenvalue weighted by Crippen LogP contribution is -2.28. The second-order valence-electron chi connectivity index (χ2n) is 6.00. The topological polar surface area (TPSA) is 56.8 Å². The standard InChI is InChI=1S/C19H18BrF2NO4/c1-11(12-2-4-14(5-3-12)27-19(21)22)23-18(24)9-13-8-16-17(10-15(13)20)26-7-6-25-16/h2-5,8,10-11,19H,6-7,9H2,1H3,(H,23,24). The summed E-state index contributed by atoms with van der Waals surface area (Å²) >= 11 is 3.45. The molecule has 0 aromatic heterocycles. The summed E-state index contributed by atoms with van der Waals surface area (Å²) in [6, 6.07) is 9.48. The number of fused-ring (bicyclic) bond motifs is 1. The van der Waals surface area contributed by atoms with E-state index in [-0.39, 0.29) is 24.1 Å². The third kappa shape index (κ3) is 5.09. The quantitative estimate of drug-likeness (QED) is 0.728. The van der Waals surface area contributed by atoms with Gasteiger partial charge >= 0.3 is 6.61 Å². The van der Waals surface area contributed by atoms with Gasteiger partial charge in [0.05, 0.1) is 12.5 Å². The summed E-state index contributed by atoms with van der Waals surface area (Å²) in [5.74, 6) is 1.17. The Morgan fingerprint density at radius 2 is 1.81 bits per heavy atom. The molecule has 144 valence electrons. The Balaban J connectivity index is 1.62. The highest BCUT2D eigenvalue weighted by molar-refractivity contribution is 9.10. The van der Waals surface area contributed by atoms with Crippen LogP contribution in [0.4, 0.5) is 8.78 Å². The van der Waals surface area contributed by atoms with Crippen LogP contribution in [0.1, 0.15) is 24.1 Å². The highest BCUT2D eigenvalue weighted by Gasteiger charge is 2.17. The van der Waals surface area contributed by atoms with E-state index in [0.29, 0.717) is 24.7 Å². The van der Waals surface area contributed by atoms with Crippen LogP contribution in [0.3, 0.4) is 0 Å². The number of hydrogen-bond acceptors (Lipinski definition) is 4. The van der Waals surface area contributed by atoms with Gasteiger partial charge in [-0.2, -0.15) is 8.78 Å². The number of benzene rings is 2. The first-order valence-corrected chi connectivity index (χ1v) is 9.14. The summed E-state index contributed by atoms with van der Waals surface area (Å²) in [5, 5.41) is 2.89. The van der Waals surface area contributed by atoms with Crippen molar-refractivity contribution < 1.29 is 27.8 Å². The second kappa shape index (κ2) is 8.56. The maximum atomic E-state index is 12.4. The fourth-order valence-corrected chi connectivity index (χ4v) is 3.19. The van der Waals surface area contributed by atoms with Gasteiger partial charge in [-0.05, 0) is 42.3 Å². The molecule has 1 unspecified atom stereocenters. The molecule has 0 spiro atoms. The summed E-state index contributed by atoms with van der Waals surface area (Å²) in [7, 11) is 0. The molecule has 27 heavy (non-hydrogen) atoms. The zero-order chi connectivity index (χ0) is 19.4. The van der Waals surface area contributed by atoms with Gasteiger partial charge in [-0.1, -0.05) is 28.1 Å². The molecule has 0 saturated heterocycles. The minimum absolute atomic E-state index is 0.0764. The van der Waals surface area contributed by atoms with Crippen LogP contribution in [0.5, 0.6) is 17.2 Å². The third-order valence-electron chi connectivity index (χ3n) is 4.04. The highest BCUT2D eigenvalue weighted by Crippen LogP contribution is 2.35. The summed E-state index contributed by atoms with van der Waals surface area (Å²) in [4.78, 5) is 12.4. The third-order valence-corrected chi connectivity index (χ3v) is 4.78. The first-order valence-electron chi connectivity index (χ1n) is 8.34. The molecule has 0 radical (unpaired) electrons. The van der Waals surface area contributed by atoms with Gasteiger partial charge in [0.15, 0.2) is 11.5 Å². The molecule has 1 aliphatic rings. The van der Waals surface area contributed by atoms with Crippen LogP contribution in [0, 0.1) is 0 Å². The molecule has 1 aliphatic heterocycles. The van der Waals surface area contributed by atoms with Gasteiger partial charge in [-0.3, -0.25) is 4.79 Å². The number of alkyl halides is 2. The van der Waals surface area contributed by atoms with E-state index in [2.05, 4.69) is 26.0 Å². The van der Waals surface area contributed by atoms with Crippen molar-refractivity contribution in [2.45, 2.75) is 26.0 Å². The number of ether oxygens (including phenoxy) is 3.